The average molecular weight is 241 g/mol. The van der Waals surface area contributed by atoms with E-state index in [2.05, 4.69) is 9.80 Å². The third-order valence-corrected chi connectivity index (χ3v) is 2.81. The molecule has 1 amide bonds. The van der Waals surface area contributed by atoms with Crippen molar-refractivity contribution in [1.29, 1.82) is 0 Å². The fourth-order valence-corrected chi connectivity index (χ4v) is 1.82. The summed E-state index contributed by atoms with van der Waals surface area (Å²) in [7, 11) is 2.01. The van der Waals surface area contributed by atoms with Crippen molar-refractivity contribution in [3.63, 3.8) is 0 Å². The summed E-state index contributed by atoms with van der Waals surface area (Å²) >= 11 is 0. The molecule has 1 saturated heterocycles. The van der Waals surface area contributed by atoms with Crippen molar-refractivity contribution in [2.75, 3.05) is 53.2 Å². The van der Waals surface area contributed by atoms with Crippen LogP contribution < -0.4 is 0 Å². The lowest BCUT2D eigenvalue weighted by molar-refractivity contribution is 0.0255. The maximum Gasteiger partial charge on any atom is 0.409 e. The molecule has 0 N–H and O–H groups in total. The second-order valence-corrected chi connectivity index (χ2v) is 4.22. The van der Waals surface area contributed by atoms with E-state index in [1.807, 2.05) is 19.4 Å². The topological polar surface area (TPSA) is 45.2 Å². The number of carbonyl (C=O) groups excluding carboxylic acids is 1. The van der Waals surface area contributed by atoms with Crippen molar-refractivity contribution >= 4 is 6.09 Å². The molecule has 0 radical (unpaired) electrons. The molecule has 2 aliphatic heterocycles. The SMILES string of the molecule is CN1C=CN(CCOC(=O)N2CCOCC2)C1. The highest BCUT2D eigenvalue weighted by molar-refractivity contribution is 5.67. The highest BCUT2D eigenvalue weighted by Crippen LogP contribution is 2.04. The van der Waals surface area contributed by atoms with Gasteiger partial charge in [-0.05, 0) is 0 Å². The maximum atomic E-state index is 11.6. The fourth-order valence-electron chi connectivity index (χ4n) is 1.82. The molecule has 96 valence electrons. The molecule has 0 aliphatic carbocycles. The number of nitrogens with zero attached hydrogens (tertiary/aromatic N) is 3. The molecule has 0 aromatic carbocycles. The van der Waals surface area contributed by atoms with Crippen LogP contribution in [-0.2, 0) is 9.47 Å². The molecular weight excluding hydrogens is 222 g/mol. The summed E-state index contributed by atoms with van der Waals surface area (Å²) in [4.78, 5) is 17.5. The number of carbonyl (C=O) groups is 1. The van der Waals surface area contributed by atoms with E-state index in [0.29, 0.717) is 32.9 Å². The van der Waals surface area contributed by atoms with E-state index in [1.54, 1.807) is 4.90 Å². The van der Waals surface area contributed by atoms with E-state index in [9.17, 15) is 4.79 Å². The first-order valence-corrected chi connectivity index (χ1v) is 5.88. The predicted octanol–water partition coefficient (Wildman–Crippen LogP) is 0.131. The molecule has 0 saturated carbocycles. The van der Waals surface area contributed by atoms with Gasteiger partial charge in [-0.25, -0.2) is 4.79 Å². The molecule has 6 heteroatoms. The zero-order valence-electron chi connectivity index (χ0n) is 10.2. The van der Waals surface area contributed by atoms with Crippen LogP contribution in [0.2, 0.25) is 0 Å². The Hall–Kier alpha value is -1.43. The first kappa shape index (κ1) is 12.0. The van der Waals surface area contributed by atoms with E-state index >= 15 is 0 Å². The molecular formula is C11H19N3O3. The van der Waals surface area contributed by atoms with Gasteiger partial charge >= 0.3 is 6.09 Å². The van der Waals surface area contributed by atoms with Gasteiger partial charge in [0.05, 0.1) is 26.4 Å². The first-order valence-electron chi connectivity index (χ1n) is 5.88. The van der Waals surface area contributed by atoms with Crippen LogP contribution in [0.15, 0.2) is 12.4 Å². The molecule has 0 aromatic rings. The van der Waals surface area contributed by atoms with E-state index in [0.717, 1.165) is 13.2 Å². The van der Waals surface area contributed by atoms with Crippen molar-refractivity contribution in [3.8, 4) is 0 Å². The maximum absolute atomic E-state index is 11.6. The number of amides is 1. The molecule has 2 heterocycles. The van der Waals surface area contributed by atoms with Crippen LogP contribution in [-0.4, -0.2) is 74.0 Å². The minimum Gasteiger partial charge on any atom is -0.448 e. The van der Waals surface area contributed by atoms with Crippen LogP contribution >= 0.6 is 0 Å². The highest BCUT2D eigenvalue weighted by Gasteiger charge is 2.18. The van der Waals surface area contributed by atoms with Gasteiger partial charge in [-0.2, -0.15) is 0 Å². The number of ether oxygens (including phenoxy) is 2. The Balaban J connectivity index is 1.61. The third kappa shape index (κ3) is 3.52. The largest absolute Gasteiger partial charge is 0.448 e. The van der Waals surface area contributed by atoms with Crippen molar-refractivity contribution in [3.05, 3.63) is 12.4 Å². The molecule has 1 fully saturated rings. The van der Waals surface area contributed by atoms with Gasteiger partial charge in [0.1, 0.15) is 6.61 Å². The number of hydrogen-bond acceptors (Lipinski definition) is 5. The summed E-state index contributed by atoms with van der Waals surface area (Å²) in [5.74, 6) is 0. The van der Waals surface area contributed by atoms with Gasteiger partial charge in [0.25, 0.3) is 0 Å². The Morgan fingerprint density at radius 1 is 1.35 bits per heavy atom. The molecule has 0 atom stereocenters. The van der Waals surface area contributed by atoms with E-state index in [1.165, 1.54) is 0 Å². The Labute approximate surface area is 101 Å². The van der Waals surface area contributed by atoms with E-state index in [-0.39, 0.29) is 6.09 Å². The Kier molecular flexibility index (Phi) is 4.08. The minimum absolute atomic E-state index is 0.232. The first-order chi connectivity index (χ1) is 8.25. The summed E-state index contributed by atoms with van der Waals surface area (Å²) < 4.78 is 10.4. The molecule has 0 unspecified atom stereocenters. The van der Waals surface area contributed by atoms with Gasteiger partial charge in [-0.1, -0.05) is 0 Å². The van der Waals surface area contributed by atoms with Gasteiger partial charge in [0, 0.05) is 32.5 Å². The van der Waals surface area contributed by atoms with E-state index in [4.69, 9.17) is 9.47 Å². The van der Waals surface area contributed by atoms with Gasteiger partial charge in [0.2, 0.25) is 0 Å². The van der Waals surface area contributed by atoms with Crippen LogP contribution in [0.1, 0.15) is 0 Å². The Morgan fingerprint density at radius 2 is 2.12 bits per heavy atom. The lowest BCUT2D eigenvalue weighted by atomic mass is 10.4. The van der Waals surface area contributed by atoms with Gasteiger partial charge in [-0.15, -0.1) is 0 Å². The second-order valence-electron chi connectivity index (χ2n) is 4.22. The predicted molar refractivity (Wildman–Crippen MR) is 62.2 cm³/mol. The summed E-state index contributed by atoms with van der Waals surface area (Å²) in [5, 5.41) is 0. The number of hydrogen-bond donors (Lipinski definition) is 0. The third-order valence-electron chi connectivity index (χ3n) is 2.81. The van der Waals surface area contributed by atoms with Crippen molar-refractivity contribution in [2.45, 2.75) is 0 Å². The average Bonchev–Trinajstić information content (AvgIpc) is 2.76. The zero-order valence-corrected chi connectivity index (χ0v) is 10.2. The van der Waals surface area contributed by atoms with Crippen molar-refractivity contribution in [2.24, 2.45) is 0 Å². The normalized spacial score (nSPS) is 19.9. The molecule has 0 bridgehead atoms. The minimum atomic E-state index is -0.232. The molecule has 2 rings (SSSR count). The number of morpholine rings is 1. The quantitative estimate of drug-likeness (QED) is 0.703. The van der Waals surface area contributed by atoms with Crippen LogP contribution in [0, 0.1) is 0 Å². The van der Waals surface area contributed by atoms with Gasteiger partial charge < -0.3 is 24.2 Å². The lowest BCUT2D eigenvalue weighted by Gasteiger charge is -2.26. The van der Waals surface area contributed by atoms with Crippen LogP contribution in [0.3, 0.4) is 0 Å². The van der Waals surface area contributed by atoms with Crippen LogP contribution in [0.4, 0.5) is 4.79 Å². The number of rotatable bonds is 3. The summed E-state index contributed by atoms with van der Waals surface area (Å²) in [6.45, 7) is 4.49. The standard InChI is InChI=1S/C11H19N3O3/c1-12-2-3-13(10-12)4-9-17-11(15)14-5-7-16-8-6-14/h2-3H,4-10H2,1H3. The molecule has 17 heavy (non-hydrogen) atoms. The highest BCUT2D eigenvalue weighted by atomic mass is 16.6. The molecule has 6 nitrogen and oxygen atoms in total. The molecule has 0 aromatic heterocycles. The van der Waals surface area contributed by atoms with Crippen LogP contribution in [0.25, 0.3) is 0 Å². The van der Waals surface area contributed by atoms with Crippen molar-refractivity contribution < 1.29 is 14.3 Å². The smallest absolute Gasteiger partial charge is 0.409 e. The Bertz CT molecular complexity index is 290. The second kappa shape index (κ2) is 5.77. The summed E-state index contributed by atoms with van der Waals surface area (Å²) in [6.07, 6.45) is 3.77. The fraction of sp³-hybridized carbons (Fsp3) is 0.727. The van der Waals surface area contributed by atoms with Gasteiger partial charge in [0.15, 0.2) is 0 Å². The van der Waals surface area contributed by atoms with Gasteiger partial charge in [-0.3, -0.25) is 0 Å². The van der Waals surface area contributed by atoms with E-state index < -0.39 is 0 Å². The molecule has 0 spiro atoms. The van der Waals surface area contributed by atoms with Crippen molar-refractivity contribution in [1.82, 2.24) is 14.7 Å². The zero-order chi connectivity index (χ0) is 12.1. The summed E-state index contributed by atoms with van der Waals surface area (Å²) in [6, 6.07) is 0. The lowest BCUT2D eigenvalue weighted by Crippen LogP contribution is -2.41. The monoisotopic (exact) mass is 241 g/mol. The summed E-state index contributed by atoms with van der Waals surface area (Å²) in [5.41, 5.74) is 0. The van der Waals surface area contributed by atoms with Crippen LogP contribution in [0.5, 0.6) is 0 Å². The Morgan fingerprint density at radius 3 is 2.76 bits per heavy atom. The molecule has 2 aliphatic rings.